The van der Waals surface area contributed by atoms with Gasteiger partial charge in [-0.2, -0.15) is 0 Å². The third kappa shape index (κ3) is 2.64. The molecule has 0 aliphatic carbocycles. The van der Waals surface area contributed by atoms with E-state index in [0.29, 0.717) is 0 Å². The average molecular weight is 280 g/mol. The average Bonchev–Trinajstić information content (AvgIpc) is 2.53. The van der Waals surface area contributed by atoms with Gasteiger partial charge in [0, 0.05) is 29.5 Å². The van der Waals surface area contributed by atoms with Crippen LogP contribution >= 0.6 is 0 Å². The van der Waals surface area contributed by atoms with E-state index in [2.05, 4.69) is 15.0 Å². The Balaban J connectivity index is 1.81. The number of nitrogens with two attached hydrogens (primary N) is 1. The normalized spacial score (nSPS) is 10.5. The SMILES string of the molecule is Nc1nccnc1C(=O)OCc1cccc2cccnc12. The standard InChI is InChI=1S/C15H12N4O2/c16-14-13(18-7-8-19-14)15(20)21-9-11-4-1-3-10-5-2-6-17-12(10)11/h1-8H,9H2,(H2,16,19). The van der Waals surface area contributed by atoms with Gasteiger partial charge >= 0.3 is 5.97 Å². The molecule has 0 fully saturated rings. The molecular weight excluding hydrogens is 268 g/mol. The van der Waals surface area contributed by atoms with Gasteiger partial charge in [0.05, 0.1) is 5.52 Å². The smallest absolute Gasteiger partial charge is 0.361 e. The van der Waals surface area contributed by atoms with E-state index in [9.17, 15) is 4.79 Å². The number of benzene rings is 1. The number of esters is 1. The maximum Gasteiger partial charge on any atom is 0.361 e. The van der Waals surface area contributed by atoms with Gasteiger partial charge in [-0.3, -0.25) is 4.98 Å². The summed E-state index contributed by atoms with van der Waals surface area (Å²) in [5.41, 5.74) is 7.24. The number of anilines is 1. The Morgan fingerprint density at radius 1 is 1.05 bits per heavy atom. The Morgan fingerprint density at radius 3 is 2.71 bits per heavy atom. The van der Waals surface area contributed by atoms with Gasteiger partial charge in [-0.05, 0) is 6.07 Å². The van der Waals surface area contributed by atoms with Crippen molar-refractivity contribution in [3.8, 4) is 0 Å². The molecule has 2 heterocycles. The lowest BCUT2D eigenvalue weighted by molar-refractivity contribution is 0.0468. The molecule has 0 saturated carbocycles. The van der Waals surface area contributed by atoms with Crippen molar-refractivity contribution in [1.82, 2.24) is 15.0 Å². The predicted molar refractivity (Wildman–Crippen MR) is 77.3 cm³/mol. The maximum absolute atomic E-state index is 11.9. The Kier molecular flexibility index (Phi) is 3.42. The second-order valence-corrected chi connectivity index (χ2v) is 4.36. The fourth-order valence-electron chi connectivity index (χ4n) is 2.00. The van der Waals surface area contributed by atoms with Crippen LogP contribution in [0.3, 0.4) is 0 Å². The zero-order chi connectivity index (χ0) is 14.7. The van der Waals surface area contributed by atoms with Gasteiger partial charge < -0.3 is 10.5 Å². The van der Waals surface area contributed by atoms with E-state index in [1.54, 1.807) is 6.20 Å². The number of para-hydroxylation sites is 1. The summed E-state index contributed by atoms with van der Waals surface area (Å²) in [5, 5.41) is 0.991. The van der Waals surface area contributed by atoms with Crippen molar-refractivity contribution in [3.05, 3.63) is 60.2 Å². The molecule has 3 aromatic rings. The maximum atomic E-state index is 11.9. The van der Waals surface area contributed by atoms with Gasteiger partial charge in [0.1, 0.15) is 6.61 Å². The van der Waals surface area contributed by atoms with Crippen LogP contribution in [0.1, 0.15) is 16.1 Å². The first kappa shape index (κ1) is 13.0. The predicted octanol–water partition coefficient (Wildman–Crippen LogP) is 1.96. The van der Waals surface area contributed by atoms with Gasteiger partial charge in [0.15, 0.2) is 11.5 Å². The molecule has 0 spiro atoms. The first-order chi connectivity index (χ1) is 10.3. The van der Waals surface area contributed by atoms with Gasteiger partial charge in [0.2, 0.25) is 0 Å². The van der Waals surface area contributed by atoms with E-state index >= 15 is 0 Å². The van der Waals surface area contributed by atoms with E-state index in [-0.39, 0.29) is 18.1 Å². The minimum absolute atomic E-state index is 0.0192. The number of fused-ring (bicyclic) bond motifs is 1. The molecule has 0 unspecified atom stereocenters. The van der Waals surface area contributed by atoms with E-state index in [0.717, 1.165) is 16.5 Å². The van der Waals surface area contributed by atoms with Crippen LogP contribution in [0, 0.1) is 0 Å². The summed E-state index contributed by atoms with van der Waals surface area (Å²) in [6.07, 6.45) is 4.52. The van der Waals surface area contributed by atoms with Crippen molar-refractivity contribution in [2.45, 2.75) is 6.61 Å². The van der Waals surface area contributed by atoms with Crippen molar-refractivity contribution >= 4 is 22.7 Å². The second kappa shape index (κ2) is 5.54. The Morgan fingerprint density at radius 2 is 1.86 bits per heavy atom. The van der Waals surface area contributed by atoms with Crippen molar-refractivity contribution in [3.63, 3.8) is 0 Å². The molecule has 0 aliphatic rings. The number of nitrogen functional groups attached to an aromatic ring is 1. The highest BCUT2D eigenvalue weighted by molar-refractivity contribution is 5.92. The summed E-state index contributed by atoms with van der Waals surface area (Å²) < 4.78 is 5.24. The summed E-state index contributed by atoms with van der Waals surface area (Å²) in [6, 6.07) is 9.52. The van der Waals surface area contributed by atoms with Crippen LogP contribution in [0.4, 0.5) is 5.82 Å². The van der Waals surface area contributed by atoms with Crippen molar-refractivity contribution in [2.75, 3.05) is 5.73 Å². The summed E-state index contributed by atoms with van der Waals surface area (Å²) in [6.45, 7) is 0.100. The highest BCUT2D eigenvalue weighted by Gasteiger charge is 2.14. The van der Waals surface area contributed by atoms with Crippen LogP contribution in [-0.2, 0) is 11.3 Å². The second-order valence-electron chi connectivity index (χ2n) is 4.36. The molecule has 3 rings (SSSR count). The third-order valence-electron chi connectivity index (χ3n) is 2.99. The van der Waals surface area contributed by atoms with E-state index < -0.39 is 5.97 Å². The number of carbonyl (C=O) groups is 1. The molecule has 0 aliphatic heterocycles. The number of ether oxygens (including phenoxy) is 1. The van der Waals surface area contributed by atoms with Gasteiger partial charge in [-0.25, -0.2) is 14.8 Å². The first-order valence-corrected chi connectivity index (χ1v) is 6.32. The van der Waals surface area contributed by atoms with Crippen LogP contribution < -0.4 is 5.73 Å². The molecule has 6 heteroatoms. The molecule has 1 aromatic carbocycles. The minimum atomic E-state index is -0.603. The summed E-state index contributed by atoms with van der Waals surface area (Å²) >= 11 is 0. The molecule has 0 saturated heterocycles. The van der Waals surface area contributed by atoms with E-state index in [4.69, 9.17) is 10.5 Å². The van der Waals surface area contributed by atoms with Crippen LogP contribution in [0.25, 0.3) is 10.9 Å². The fourth-order valence-corrected chi connectivity index (χ4v) is 2.00. The number of pyridine rings is 1. The molecule has 6 nitrogen and oxygen atoms in total. The van der Waals surface area contributed by atoms with Gasteiger partial charge in [-0.15, -0.1) is 0 Å². The van der Waals surface area contributed by atoms with Gasteiger partial charge in [-0.1, -0.05) is 24.3 Å². The lowest BCUT2D eigenvalue weighted by Crippen LogP contribution is -2.11. The van der Waals surface area contributed by atoms with Gasteiger partial charge in [0.25, 0.3) is 0 Å². The lowest BCUT2D eigenvalue weighted by atomic mass is 10.1. The number of hydrogen-bond acceptors (Lipinski definition) is 6. The highest BCUT2D eigenvalue weighted by Crippen LogP contribution is 2.17. The fraction of sp³-hybridized carbons (Fsp3) is 0.0667. The molecular formula is C15H12N4O2. The Hall–Kier alpha value is -3.02. The number of rotatable bonds is 3. The molecule has 0 amide bonds. The van der Waals surface area contributed by atoms with Crippen molar-refractivity contribution in [1.29, 1.82) is 0 Å². The number of carbonyl (C=O) groups excluding carboxylic acids is 1. The van der Waals surface area contributed by atoms with Crippen molar-refractivity contribution in [2.24, 2.45) is 0 Å². The van der Waals surface area contributed by atoms with Crippen LogP contribution in [-0.4, -0.2) is 20.9 Å². The topological polar surface area (TPSA) is 91.0 Å². The van der Waals surface area contributed by atoms with Crippen molar-refractivity contribution < 1.29 is 9.53 Å². The third-order valence-corrected chi connectivity index (χ3v) is 2.99. The summed E-state index contributed by atoms with van der Waals surface area (Å²) in [7, 11) is 0. The Bertz CT molecular complexity index is 799. The molecule has 2 N–H and O–H groups in total. The minimum Gasteiger partial charge on any atom is -0.456 e. The molecule has 21 heavy (non-hydrogen) atoms. The quantitative estimate of drug-likeness (QED) is 0.737. The zero-order valence-electron chi connectivity index (χ0n) is 11.1. The van der Waals surface area contributed by atoms with E-state index in [1.165, 1.54) is 12.4 Å². The highest BCUT2D eigenvalue weighted by atomic mass is 16.5. The van der Waals surface area contributed by atoms with Crippen LogP contribution in [0.15, 0.2) is 48.9 Å². The molecule has 0 radical (unpaired) electrons. The monoisotopic (exact) mass is 280 g/mol. The lowest BCUT2D eigenvalue weighted by Gasteiger charge is -2.07. The molecule has 2 aromatic heterocycles. The number of nitrogens with zero attached hydrogens (tertiary/aromatic N) is 3. The van der Waals surface area contributed by atoms with E-state index in [1.807, 2.05) is 30.3 Å². The molecule has 0 bridgehead atoms. The van der Waals surface area contributed by atoms with Crippen LogP contribution in [0.2, 0.25) is 0 Å². The molecule has 104 valence electrons. The number of hydrogen-bond donors (Lipinski definition) is 1. The first-order valence-electron chi connectivity index (χ1n) is 6.32. The number of aromatic nitrogens is 3. The largest absolute Gasteiger partial charge is 0.456 e. The zero-order valence-corrected chi connectivity index (χ0v) is 11.1. The van der Waals surface area contributed by atoms with Crippen LogP contribution in [0.5, 0.6) is 0 Å². The summed E-state index contributed by atoms with van der Waals surface area (Å²) in [4.78, 5) is 23.9. The molecule has 0 atom stereocenters. The summed E-state index contributed by atoms with van der Waals surface area (Å²) in [5.74, 6) is -0.549. The Labute approximate surface area is 120 Å².